The normalized spacial score (nSPS) is 11.0. The average molecular weight is 575 g/mol. The van der Waals surface area contributed by atoms with Gasteiger partial charge in [-0.1, -0.05) is 23.6 Å². The van der Waals surface area contributed by atoms with Gasteiger partial charge in [0.25, 0.3) is 0 Å². The number of nitrogens with zero attached hydrogens (tertiary/aromatic N) is 4. The highest BCUT2D eigenvalue weighted by atomic mass is 35.5. The molecule has 0 aliphatic carbocycles. The van der Waals surface area contributed by atoms with E-state index in [4.69, 9.17) is 25.8 Å². The molecule has 0 saturated heterocycles. The Labute approximate surface area is 243 Å². The molecule has 1 amide bonds. The van der Waals surface area contributed by atoms with Gasteiger partial charge in [-0.2, -0.15) is 0 Å². The predicted molar refractivity (Wildman–Crippen MR) is 158 cm³/mol. The number of aromatic nitrogens is 4. The highest BCUT2D eigenvalue weighted by Gasteiger charge is 2.17. The molecular weight excluding hydrogens is 544 g/mol. The second-order valence-corrected chi connectivity index (χ2v) is 10.3. The maximum Gasteiger partial charge on any atom is 0.413 e. The minimum absolute atomic E-state index is 0.278. The standard InChI is InChI=1S/C30H31ClN6O4/c1-30(2,3)41-29(38)37-27-14-23-19(15-35-28(32-4)24(23)17-34-27)9-10-25-20(13-22(39-5)16-33-25)18-40-12-11-21-7-6-8-26(31)36-21/h6-8,13-17H,11-12,18H2,1-5H3,(H,32,35)(H,34,37,38). The topological polar surface area (TPSA) is 120 Å². The lowest BCUT2D eigenvalue weighted by Gasteiger charge is -2.19. The Kier molecular flexibility index (Phi) is 9.55. The van der Waals surface area contributed by atoms with Crippen molar-refractivity contribution in [1.82, 2.24) is 19.9 Å². The van der Waals surface area contributed by atoms with Crippen molar-refractivity contribution in [2.75, 3.05) is 31.4 Å². The van der Waals surface area contributed by atoms with E-state index in [1.165, 1.54) is 0 Å². The first kappa shape index (κ1) is 29.5. The van der Waals surface area contributed by atoms with Crippen molar-refractivity contribution >= 4 is 40.1 Å². The van der Waals surface area contributed by atoms with Crippen LogP contribution in [0.25, 0.3) is 10.8 Å². The molecule has 4 aromatic heterocycles. The van der Waals surface area contributed by atoms with Crippen LogP contribution in [0.3, 0.4) is 0 Å². The van der Waals surface area contributed by atoms with Gasteiger partial charge in [-0.15, -0.1) is 0 Å². The summed E-state index contributed by atoms with van der Waals surface area (Å²) >= 11 is 5.98. The molecule has 0 aliphatic rings. The number of ether oxygens (including phenoxy) is 3. The molecule has 0 aromatic carbocycles. The van der Waals surface area contributed by atoms with E-state index in [9.17, 15) is 4.79 Å². The molecule has 4 heterocycles. The second kappa shape index (κ2) is 13.3. The monoisotopic (exact) mass is 574 g/mol. The molecule has 0 fully saturated rings. The average Bonchev–Trinajstić information content (AvgIpc) is 2.93. The molecule has 2 N–H and O–H groups in total. The van der Waals surface area contributed by atoms with Gasteiger partial charge in [0.05, 0.1) is 32.1 Å². The van der Waals surface area contributed by atoms with E-state index in [0.717, 1.165) is 22.0 Å². The molecule has 212 valence electrons. The Balaban J connectivity index is 1.59. The van der Waals surface area contributed by atoms with E-state index in [1.54, 1.807) is 65.7 Å². The highest BCUT2D eigenvalue weighted by molar-refractivity contribution is 6.29. The highest BCUT2D eigenvalue weighted by Crippen LogP contribution is 2.26. The quantitative estimate of drug-likeness (QED) is 0.157. The third kappa shape index (κ3) is 8.27. The SMILES string of the molecule is CNc1ncc(C#Cc2ncc(OC)cc2COCCc2cccc(Cl)n2)c2cc(NC(=O)OC(C)(C)C)ncc12. The summed E-state index contributed by atoms with van der Waals surface area (Å²) in [5, 5.41) is 7.68. The Morgan fingerprint density at radius 3 is 2.61 bits per heavy atom. The first-order chi connectivity index (χ1) is 19.6. The molecule has 0 unspecified atom stereocenters. The lowest BCUT2D eigenvalue weighted by molar-refractivity contribution is 0.0635. The summed E-state index contributed by atoms with van der Waals surface area (Å²) in [6, 6.07) is 9.08. The molecule has 0 spiro atoms. The number of rotatable bonds is 8. The zero-order valence-electron chi connectivity index (χ0n) is 23.5. The van der Waals surface area contributed by atoms with Crippen LogP contribution < -0.4 is 15.4 Å². The van der Waals surface area contributed by atoms with Gasteiger partial charge >= 0.3 is 6.09 Å². The number of halogens is 1. The van der Waals surface area contributed by atoms with Gasteiger partial charge in [0.15, 0.2) is 0 Å². The summed E-state index contributed by atoms with van der Waals surface area (Å²) in [5.74, 6) is 7.88. The molecule has 0 aliphatic heterocycles. The summed E-state index contributed by atoms with van der Waals surface area (Å²) in [6.07, 6.45) is 4.92. The summed E-state index contributed by atoms with van der Waals surface area (Å²) in [4.78, 5) is 29.9. The van der Waals surface area contributed by atoms with Gasteiger partial charge in [0.2, 0.25) is 0 Å². The molecule has 10 nitrogen and oxygen atoms in total. The van der Waals surface area contributed by atoms with Crippen molar-refractivity contribution in [2.45, 2.75) is 39.4 Å². The molecule has 0 atom stereocenters. The number of anilines is 2. The molecular formula is C30H31ClN6O4. The van der Waals surface area contributed by atoms with Crippen LogP contribution in [0.1, 0.15) is 43.3 Å². The minimum Gasteiger partial charge on any atom is -0.495 e. The van der Waals surface area contributed by atoms with Crippen molar-refractivity contribution in [1.29, 1.82) is 0 Å². The Morgan fingerprint density at radius 2 is 1.88 bits per heavy atom. The molecule has 41 heavy (non-hydrogen) atoms. The van der Waals surface area contributed by atoms with Gasteiger partial charge < -0.3 is 19.5 Å². The first-order valence-corrected chi connectivity index (χ1v) is 13.2. The predicted octanol–water partition coefficient (Wildman–Crippen LogP) is 5.63. The van der Waals surface area contributed by atoms with Crippen LogP contribution in [-0.4, -0.2) is 52.4 Å². The number of nitrogens with one attached hydrogen (secondary N) is 2. The van der Waals surface area contributed by atoms with Crippen LogP contribution in [0.5, 0.6) is 5.75 Å². The Bertz CT molecular complexity index is 1610. The number of carbonyl (C=O) groups is 1. The van der Waals surface area contributed by atoms with E-state index >= 15 is 0 Å². The van der Waals surface area contributed by atoms with Crippen LogP contribution in [0, 0.1) is 11.8 Å². The van der Waals surface area contributed by atoms with Crippen LogP contribution in [0.4, 0.5) is 16.4 Å². The van der Waals surface area contributed by atoms with Crippen molar-refractivity contribution in [3.8, 4) is 17.6 Å². The van der Waals surface area contributed by atoms with Crippen LogP contribution >= 0.6 is 11.6 Å². The van der Waals surface area contributed by atoms with Gasteiger partial charge in [0.1, 0.15) is 33.8 Å². The summed E-state index contributed by atoms with van der Waals surface area (Å²) in [5.41, 5.74) is 2.15. The molecule has 0 radical (unpaired) electrons. The zero-order chi connectivity index (χ0) is 29.4. The summed E-state index contributed by atoms with van der Waals surface area (Å²) < 4.78 is 16.6. The molecule has 0 bridgehead atoms. The lowest BCUT2D eigenvalue weighted by Crippen LogP contribution is -2.27. The molecule has 0 saturated carbocycles. The number of amides is 1. The smallest absolute Gasteiger partial charge is 0.413 e. The largest absolute Gasteiger partial charge is 0.495 e. The number of pyridine rings is 4. The zero-order valence-corrected chi connectivity index (χ0v) is 24.3. The maximum absolute atomic E-state index is 12.3. The van der Waals surface area contributed by atoms with E-state index in [0.29, 0.717) is 46.8 Å². The first-order valence-electron chi connectivity index (χ1n) is 12.9. The molecule has 4 rings (SSSR count). The van der Waals surface area contributed by atoms with E-state index in [1.807, 2.05) is 18.2 Å². The van der Waals surface area contributed by atoms with Gasteiger partial charge in [0, 0.05) is 47.9 Å². The Morgan fingerprint density at radius 1 is 1.05 bits per heavy atom. The van der Waals surface area contributed by atoms with Gasteiger partial charge in [-0.3, -0.25) is 5.32 Å². The van der Waals surface area contributed by atoms with Crippen LogP contribution in [-0.2, 0) is 22.5 Å². The lowest BCUT2D eigenvalue weighted by atomic mass is 10.1. The second-order valence-electron chi connectivity index (χ2n) is 9.90. The van der Waals surface area contributed by atoms with Crippen molar-refractivity contribution < 1.29 is 19.0 Å². The fraction of sp³-hybridized carbons (Fsp3) is 0.300. The van der Waals surface area contributed by atoms with Gasteiger partial charge in [-0.25, -0.2) is 24.7 Å². The van der Waals surface area contributed by atoms with E-state index < -0.39 is 11.7 Å². The van der Waals surface area contributed by atoms with Crippen LogP contribution in [0.15, 0.2) is 48.9 Å². The maximum atomic E-state index is 12.3. The van der Waals surface area contributed by atoms with Crippen LogP contribution in [0.2, 0.25) is 5.15 Å². The number of fused-ring (bicyclic) bond motifs is 1. The van der Waals surface area contributed by atoms with E-state index in [-0.39, 0.29) is 6.61 Å². The van der Waals surface area contributed by atoms with Crippen molar-refractivity contribution in [3.63, 3.8) is 0 Å². The summed E-state index contributed by atoms with van der Waals surface area (Å²) in [7, 11) is 3.35. The van der Waals surface area contributed by atoms with Gasteiger partial charge in [-0.05, 0) is 51.0 Å². The minimum atomic E-state index is -0.639. The molecule has 4 aromatic rings. The fourth-order valence-electron chi connectivity index (χ4n) is 3.81. The third-order valence-electron chi connectivity index (χ3n) is 5.66. The fourth-order valence-corrected chi connectivity index (χ4v) is 3.99. The molecule has 11 heteroatoms. The number of methoxy groups -OCH3 is 1. The number of carbonyl (C=O) groups excluding carboxylic acids is 1. The van der Waals surface area contributed by atoms with Crippen molar-refractivity contribution in [3.05, 3.63) is 76.6 Å². The van der Waals surface area contributed by atoms with Crippen molar-refractivity contribution in [2.24, 2.45) is 0 Å². The van der Waals surface area contributed by atoms with E-state index in [2.05, 4.69) is 42.4 Å². The Hall–Kier alpha value is -4.46. The number of hydrogen-bond donors (Lipinski definition) is 2. The third-order valence-corrected chi connectivity index (χ3v) is 5.87. The summed E-state index contributed by atoms with van der Waals surface area (Å²) in [6.45, 7) is 6.10. The number of hydrogen-bond acceptors (Lipinski definition) is 9.